The average molecular weight is 476 g/mol. The van der Waals surface area contributed by atoms with Gasteiger partial charge in [0.1, 0.15) is 5.75 Å². The third-order valence-electron chi connectivity index (χ3n) is 5.55. The molecule has 12 heteroatoms. The Kier molecular flexibility index (Phi) is 6.31. The van der Waals surface area contributed by atoms with Crippen LogP contribution in [-0.2, 0) is 17.1 Å². The third kappa shape index (κ3) is 4.74. The van der Waals surface area contributed by atoms with Gasteiger partial charge >= 0.3 is 18.3 Å². The Bertz CT molecular complexity index is 1040. The van der Waals surface area contributed by atoms with Gasteiger partial charge < -0.3 is 14.7 Å². The van der Waals surface area contributed by atoms with Crippen LogP contribution in [0.25, 0.3) is 0 Å². The number of aliphatic carboxylic acids is 1. The van der Waals surface area contributed by atoms with Crippen LogP contribution in [0.3, 0.4) is 0 Å². The first-order chi connectivity index (χ1) is 15.3. The van der Waals surface area contributed by atoms with E-state index in [1.165, 1.54) is 6.92 Å². The van der Waals surface area contributed by atoms with E-state index in [0.717, 1.165) is 29.4 Å². The molecule has 0 spiro atoms. The standard InChI is InChI=1S/C21H18F6N2O4/c1-12-19(18(31)32,33-14-5-3-13(4-6-14)20(22,23)24)8-2-10-29(12)17(30)15-11-28-9-7-16(15)21(25,26)27/h3-7,9,11-12H,2,8,10H2,1H3,(H,31,32)/t12?,19-/m0/s1. The molecule has 2 heterocycles. The molecule has 1 aliphatic heterocycles. The van der Waals surface area contributed by atoms with Crippen LogP contribution in [0.1, 0.15) is 41.3 Å². The summed E-state index contributed by atoms with van der Waals surface area (Å²) in [5.74, 6) is -2.78. The fraction of sp³-hybridized carbons (Fsp3) is 0.381. The van der Waals surface area contributed by atoms with E-state index in [-0.39, 0.29) is 25.1 Å². The Morgan fingerprint density at radius 1 is 1.09 bits per heavy atom. The fourth-order valence-electron chi connectivity index (χ4n) is 3.80. The number of hydrogen-bond acceptors (Lipinski definition) is 4. The Labute approximate surface area is 183 Å². The van der Waals surface area contributed by atoms with Crippen molar-refractivity contribution in [1.29, 1.82) is 0 Å². The number of aromatic nitrogens is 1. The monoisotopic (exact) mass is 476 g/mol. The van der Waals surface area contributed by atoms with E-state index in [9.17, 15) is 41.0 Å². The Morgan fingerprint density at radius 3 is 2.27 bits per heavy atom. The van der Waals surface area contributed by atoms with Gasteiger partial charge in [0.05, 0.1) is 22.7 Å². The molecule has 1 aliphatic rings. The molecular weight excluding hydrogens is 458 g/mol. The first-order valence-corrected chi connectivity index (χ1v) is 9.69. The van der Waals surface area contributed by atoms with E-state index in [0.29, 0.717) is 18.2 Å². The fourth-order valence-corrected chi connectivity index (χ4v) is 3.80. The zero-order chi connectivity index (χ0) is 24.6. The molecule has 1 unspecified atom stereocenters. The lowest BCUT2D eigenvalue weighted by molar-refractivity contribution is -0.165. The summed E-state index contributed by atoms with van der Waals surface area (Å²) in [4.78, 5) is 29.8. The zero-order valence-corrected chi connectivity index (χ0v) is 17.1. The largest absolute Gasteiger partial charge is 0.478 e. The highest BCUT2D eigenvalue weighted by Gasteiger charge is 2.53. The molecule has 1 saturated heterocycles. The normalized spacial score (nSPS) is 21.5. The van der Waals surface area contributed by atoms with Crippen molar-refractivity contribution in [2.24, 2.45) is 0 Å². The molecule has 2 atom stereocenters. The molecule has 0 radical (unpaired) electrons. The molecule has 0 saturated carbocycles. The first-order valence-electron chi connectivity index (χ1n) is 9.69. The van der Waals surface area contributed by atoms with Crippen molar-refractivity contribution in [3.05, 3.63) is 59.4 Å². The summed E-state index contributed by atoms with van der Waals surface area (Å²) in [6, 6.07) is 2.72. The Morgan fingerprint density at radius 2 is 1.73 bits per heavy atom. The number of carbonyl (C=O) groups excluding carboxylic acids is 1. The minimum Gasteiger partial charge on any atom is -0.478 e. The van der Waals surface area contributed by atoms with Crippen LogP contribution in [0.2, 0.25) is 0 Å². The van der Waals surface area contributed by atoms with Gasteiger partial charge in [-0.25, -0.2) is 4.79 Å². The van der Waals surface area contributed by atoms with Crippen LogP contribution >= 0.6 is 0 Å². The second-order valence-electron chi connectivity index (χ2n) is 7.52. The van der Waals surface area contributed by atoms with E-state index in [1.807, 2.05) is 0 Å². The number of hydrogen-bond donors (Lipinski definition) is 1. The van der Waals surface area contributed by atoms with E-state index in [4.69, 9.17) is 4.74 Å². The predicted octanol–water partition coefficient (Wildman–Crippen LogP) is 4.65. The van der Waals surface area contributed by atoms with Crippen molar-refractivity contribution in [1.82, 2.24) is 9.88 Å². The topological polar surface area (TPSA) is 79.7 Å². The van der Waals surface area contributed by atoms with Gasteiger partial charge in [0, 0.05) is 25.4 Å². The molecule has 1 aromatic carbocycles. The van der Waals surface area contributed by atoms with Gasteiger partial charge in [-0.15, -0.1) is 0 Å². The van der Waals surface area contributed by atoms with Crippen molar-refractivity contribution in [2.45, 2.75) is 43.8 Å². The third-order valence-corrected chi connectivity index (χ3v) is 5.55. The quantitative estimate of drug-likeness (QED) is 0.651. The summed E-state index contributed by atoms with van der Waals surface area (Å²) in [7, 11) is 0. The summed E-state index contributed by atoms with van der Waals surface area (Å²) < 4.78 is 84.1. The minimum atomic E-state index is -4.84. The second-order valence-corrected chi connectivity index (χ2v) is 7.52. The van der Waals surface area contributed by atoms with Crippen molar-refractivity contribution >= 4 is 11.9 Å². The van der Waals surface area contributed by atoms with Crippen molar-refractivity contribution in [3.8, 4) is 5.75 Å². The maximum Gasteiger partial charge on any atom is 0.417 e. The summed E-state index contributed by atoms with van der Waals surface area (Å²) in [5.41, 5.74) is -5.02. The van der Waals surface area contributed by atoms with Gasteiger partial charge in [0.15, 0.2) is 0 Å². The number of likely N-dealkylation sites (tertiary alicyclic amines) is 1. The van der Waals surface area contributed by atoms with Crippen molar-refractivity contribution < 1.29 is 45.8 Å². The number of rotatable bonds is 4. The van der Waals surface area contributed by atoms with Gasteiger partial charge in [0.2, 0.25) is 5.60 Å². The number of pyridine rings is 1. The number of ether oxygens (including phenoxy) is 1. The molecule has 1 fully saturated rings. The molecule has 1 N–H and O–H groups in total. The van der Waals surface area contributed by atoms with Gasteiger partial charge in [-0.2, -0.15) is 26.3 Å². The number of halogens is 6. The highest BCUT2D eigenvalue weighted by molar-refractivity contribution is 5.96. The van der Waals surface area contributed by atoms with E-state index < -0.39 is 52.6 Å². The molecule has 33 heavy (non-hydrogen) atoms. The van der Waals surface area contributed by atoms with Gasteiger partial charge in [-0.05, 0) is 43.7 Å². The van der Waals surface area contributed by atoms with Crippen molar-refractivity contribution in [2.75, 3.05) is 6.54 Å². The Balaban J connectivity index is 1.94. The minimum absolute atomic E-state index is 0.0441. The number of benzene rings is 1. The van der Waals surface area contributed by atoms with E-state index in [2.05, 4.69) is 4.98 Å². The highest BCUT2D eigenvalue weighted by atomic mass is 19.4. The highest BCUT2D eigenvalue weighted by Crippen LogP contribution is 2.37. The van der Waals surface area contributed by atoms with Crippen LogP contribution in [-0.4, -0.2) is 45.1 Å². The molecule has 6 nitrogen and oxygen atoms in total. The van der Waals surface area contributed by atoms with Crippen LogP contribution < -0.4 is 4.74 Å². The lowest BCUT2D eigenvalue weighted by Gasteiger charge is -2.45. The molecule has 0 aliphatic carbocycles. The molecule has 178 valence electrons. The summed E-state index contributed by atoms with van der Waals surface area (Å²) >= 11 is 0. The molecule has 1 aromatic heterocycles. The molecular formula is C21H18F6N2O4. The number of amides is 1. The van der Waals surface area contributed by atoms with Gasteiger partial charge in [-0.1, -0.05) is 0 Å². The van der Waals surface area contributed by atoms with Crippen LogP contribution in [0.4, 0.5) is 26.3 Å². The van der Waals surface area contributed by atoms with Crippen LogP contribution in [0.15, 0.2) is 42.7 Å². The predicted molar refractivity (Wildman–Crippen MR) is 101 cm³/mol. The SMILES string of the molecule is CC1N(C(=O)c2cnccc2C(F)(F)F)CCC[C@@]1(Oc1ccc(C(F)(F)F)cc1)C(=O)O. The van der Waals surface area contributed by atoms with Gasteiger partial charge in [0.25, 0.3) is 5.91 Å². The van der Waals surface area contributed by atoms with E-state index in [1.54, 1.807) is 0 Å². The average Bonchev–Trinajstić information content (AvgIpc) is 2.74. The second kappa shape index (κ2) is 8.56. The molecule has 3 rings (SSSR count). The van der Waals surface area contributed by atoms with Crippen LogP contribution in [0, 0.1) is 0 Å². The maximum absolute atomic E-state index is 13.4. The van der Waals surface area contributed by atoms with Gasteiger partial charge in [-0.3, -0.25) is 9.78 Å². The Hall–Kier alpha value is -3.31. The number of carbonyl (C=O) groups is 2. The molecule has 2 aromatic rings. The summed E-state index contributed by atoms with van der Waals surface area (Å²) in [5, 5.41) is 9.92. The van der Waals surface area contributed by atoms with Crippen molar-refractivity contribution in [3.63, 3.8) is 0 Å². The zero-order valence-electron chi connectivity index (χ0n) is 17.1. The first kappa shape index (κ1) is 24.3. The lowest BCUT2D eigenvalue weighted by atomic mass is 9.84. The smallest absolute Gasteiger partial charge is 0.417 e. The number of carboxylic acids is 1. The summed E-state index contributed by atoms with van der Waals surface area (Å²) in [6.07, 6.45) is -7.85. The number of carboxylic acid groups (broad SMARTS) is 1. The lowest BCUT2D eigenvalue weighted by Crippen LogP contribution is -2.64. The molecule has 0 bridgehead atoms. The maximum atomic E-state index is 13.4. The van der Waals surface area contributed by atoms with Crippen LogP contribution in [0.5, 0.6) is 5.75 Å². The number of alkyl halides is 6. The summed E-state index contributed by atoms with van der Waals surface area (Å²) in [6.45, 7) is 1.26. The number of nitrogens with zero attached hydrogens (tertiary/aromatic N) is 2. The number of piperidine rings is 1. The van der Waals surface area contributed by atoms with E-state index >= 15 is 0 Å². The molecule has 1 amide bonds.